The van der Waals surface area contributed by atoms with Crippen LogP contribution in [0.15, 0.2) is 35.3 Å². The van der Waals surface area contributed by atoms with Crippen molar-refractivity contribution in [3.8, 4) is 11.5 Å². The summed E-state index contributed by atoms with van der Waals surface area (Å²) in [4.78, 5) is 29.9. The Kier molecular flexibility index (Phi) is 6.56. The summed E-state index contributed by atoms with van der Waals surface area (Å²) in [5.74, 6) is 0.0993. The number of hydrogen-bond donors (Lipinski definition) is 0. The third-order valence-corrected chi connectivity index (χ3v) is 5.77. The summed E-state index contributed by atoms with van der Waals surface area (Å²) in [6.45, 7) is 6.01. The lowest BCUT2D eigenvalue weighted by Gasteiger charge is -2.08. The number of carbonyl (C=O) groups excluding carboxylic acids is 2. The number of esters is 1. The van der Waals surface area contributed by atoms with Crippen molar-refractivity contribution in [2.75, 3.05) is 20.8 Å². The number of thiazole rings is 1. The number of aromatic nitrogens is 1. The van der Waals surface area contributed by atoms with E-state index in [1.165, 1.54) is 18.4 Å². The van der Waals surface area contributed by atoms with E-state index in [2.05, 4.69) is 11.1 Å². The third-order valence-electron chi connectivity index (χ3n) is 4.54. The van der Waals surface area contributed by atoms with Gasteiger partial charge < -0.3 is 18.8 Å². The number of methoxy groups -OCH3 is 2. The molecule has 0 bridgehead atoms. The molecule has 0 N–H and O–H groups in total. The minimum Gasteiger partial charge on any atom is -0.497 e. The molecule has 0 spiro atoms. The molecule has 0 saturated carbocycles. The van der Waals surface area contributed by atoms with E-state index in [4.69, 9.17) is 14.2 Å². The van der Waals surface area contributed by atoms with Crippen LogP contribution in [-0.4, -0.2) is 37.3 Å². The predicted molar refractivity (Wildman–Crippen MR) is 115 cm³/mol. The number of nitrogens with zero attached hydrogens (tertiary/aromatic N) is 2. The summed E-state index contributed by atoms with van der Waals surface area (Å²) in [5, 5.41) is 0. The molecule has 0 atom stereocenters. The van der Waals surface area contributed by atoms with Crippen molar-refractivity contribution >= 4 is 33.4 Å². The van der Waals surface area contributed by atoms with Crippen LogP contribution in [-0.2, 0) is 16.1 Å². The Balaban J connectivity index is 2.16. The molecule has 0 aliphatic carbocycles. The fourth-order valence-corrected chi connectivity index (χ4v) is 4.29. The Hall–Kier alpha value is -3.13. The first-order chi connectivity index (χ1) is 14.4. The molecular weight excluding hydrogens is 404 g/mol. The number of amides is 1. The molecule has 3 rings (SSSR count). The van der Waals surface area contributed by atoms with Gasteiger partial charge in [-0.1, -0.05) is 17.4 Å². The molecule has 0 saturated heterocycles. The van der Waals surface area contributed by atoms with Gasteiger partial charge >= 0.3 is 5.97 Å². The van der Waals surface area contributed by atoms with Crippen LogP contribution in [0.25, 0.3) is 10.2 Å². The van der Waals surface area contributed by atoms with Crippen molar-refractivity contribution < 1.29 is 23.8 Å². The molecule has 1 heterocycles. The minimum absolute atomic E-state index is 0.0252. The maximum atomic E-state index is 13.0. The van der Waals surface area contributed by atoms with Crippen LogP contribution in [0.1, 0.15) is 28.4 Å². The van der Waals surface area contributed by atoms with Crippen LogP contribution < -0.4 is 14.3 Å². The van der Waals surface area contributed by atoms with Crippen LogP contribution in [0.5, 0.6) is 11.5 Å². The second-order valence-corrected chi connectivity index (χ2v) is 7.67. The van der Waals surface area contributed by atoms with Gasteiger partial charge in [0, 0.05) is 6.07 Å². The molecule has 30 heavy (non-hydrogen) atoms. The van der Waals surface area contributed by atoms with Gasteiger partial charge in [-0.25, -0.2) is 0 Å². The van der Waals surface area contributed by atoms with Crippen LogP contribution in [0, 0.1) is 13.8 Å². The summed E-state index contributed by atoms with van der Waals surface area (Å²) in [6.07, 6.45) is 0. The number of carbonyl (C=O) groups is 2. The highest BCUT2D eigenvalue weighted by Gasteiger charge is 2.17. The number of fused-ring (bicyclic) bond motifs is 1. The van der Waals surface area contributed by atoms with Gasteiger partial charge in [-0.05, 0) is 50.1 Å². The van der Waals surface area contributed by atoms with Crippen molar-refractivity contribution in [2.45, 2.75) is 27.3 Å². The molecule has 0 fully saturated rings. The van der Waals surface area contributed by atoms with Gasteiger partial charge in [0.15, 0.2) is 4.80 Å². The lowest BCUT2D eigenvalue weighted by Crippen LogP contribution is -2.23. The highest BCUT2D eigenvalue weighted by molar-refractivity contribution is 7.16. The number of aryl methyl sites for hydroxylation is 2. The molecule has 0 aliphatic heterocycles. The first-order valence-corrected chi connectivity index (χ1v) is 10.3. The van der Waals surface area contributed by atoms with Crippen LogP contribution in [0.2, 0.25) is 0 Å². The molecule has 0 radical (unpaired) electrons. The fraction of sp³-hybridized carbons (Fsp3) is 0.318. The second-order valence-electron chi connectivity index (χ2n) is 6.69. The number of hydrogen-bond acceptors (Lipinski definition) is 6. The summed E-state index contributed by atoms with van der Waals surface area (Å²) >= 11 is 1.37. The lowest BCUT2D eigenvalue weighted by atomic mass is 10.1. The summed E-state index contributed by atoms with van der Waals surface area (Å²) in [7, 11) is 3.03. The van der Waals surface area contributed by atoms with Crippen molar-refractivity contribution in [3.63, 3.8) is 0 Å². The molecule has 1 amide bonds. The van der Waals surface area contributed by atoms with Gasteiger partial charge in [0.1, 0.15) is 18.0 Å². The smallest absolute Gasteiger partial charge is 0.326 e. The lowest BCUT2D eigenvalue weighted by molar-refractivity contribution is -0.143. The van der Waals surface area contributed by atoms with Crippen molar-refractivity contribution in [1.29, 1.82) is 0 Å². The maximum absolute atomic E-state index is 13.0. The van der Waals surface area contributed by atoms with E-state index >= 15 is 0 Å². The van der Waals surface area contributed by atoms with Gasteiger partial charge in [0.2, 0.25) is 0 Å². The van der Waals surface area contributed by atoms with Crippen molar-refractivity contribution in [2.24, 2.45) is 4.99 Å². The Morgan fingerprint density at radius 1 is 1.10 bits per heavy atom. The number of ether oxygens (including phenoxy) is 3. The number of rotatable bonds is 6. The van der Waals surface area contributed by atoms with Crippen LogP contribution in [0.3, 0.4) is 0 Å². The Morgan fingerprint density at radius 3 is 2.53 bits per heavy atom. The van der Waals surface area contributed by atoms with Crippen LogP contribution in [0.4, 0.5) is 0 Å². The molecule has 158 valence electrons. The average molecular weight is 429 g/mol. The Bertz CT molecular complexity index is 1180. The highest BCUT2D eigenvalue weighted by atomic mass is 32.1. The van der Waals surface area contributed by atoms with Gasteiger partial charge in [0.05, 0.1) is 36.6 Å². The quantitative estimate of drug-likeness (QED) is 0.560. The van der Waals surface area contributed by atoms with E-state index in [9.17, 15) is 9.59 Å². The van der Waals surface area contributed by atoms with Gasteiger partial charge in [-0.2, -0.15) is 4.99 Å². The van der Waals surface area contributed by atoms with Gasteiger partial charge in [-0.3, -0.25) is 9.59 Å². The van der Waals surface area contributed by atoms with E-state index in [0.29, 0.717) is 21.9 Å². The molecule has 3 aromatic rings. The standard InChI is InChI=1S/C22H24N2O5S/c1-6-29-19(25)12-24-17-10-13(2)9-14(3)20(17)30-22(24)23-21(26)16-8-7-15(27-4)11-18(16)28-5/h7-11H,6,12H2,1-5H3. The zero-order valence-electron chi connectivity index (χ0n) is 17.6. The first-order valence-electron chi connectivity index (χ1n) is 9.45. The van der Waals surface area contributed by atoms with E-state index in [-0.39, 0.29) is 19.1 Å². The molecule has 8 heteroatoms. The van der Waals surface area contributed by atoms with E-state index in [1.54, 1.807) is 36.8 Å². The van der Waals surface area contributed by atoms with E-state index in [1.807, 2.05) is 19.9 Å². The molecule has 7 nitrogen and oxygen atoms in total. The molecule has 0 unspecified atom stereocenters. The Labute approximate surface area is 178 Å². The zero-order valence-corrected chi connectivity index (χ0v) is 18.5. The highest BCUT2D eigenvalue weighted by Crippen LogP contribution is 2.26. The van der Waals surface area contributed by atoms with Crippen molar-refractivity contribution in [3.05, 3.63) is 51.8 Å². The molecule has 0 aliphatic rings. The topological polar surface area (TPSA) is 79.1 Å². The number of benzene rings is 2. The van der Waals surface area contributed by atoms with E-state index in [0.717, 1.165) is 21.3 Å². The summed E-state index contributed by atoms with van der Waals surface area (Å²) < 4.78 is 18.3. The average Bonchev–Trinajstić information content (AvgIpc) is 3.04. The normalized spacial score (nSPS) is 11.6. The molecule has 1 aromatic heterocycles. The summed E-state index contributed by atoms with van der Waals surface area (Å²) in [5.41, 5.74) is 3.28. The van der Waals surface area contributed by atoms with Crippen LogP contribution >= 0.6 is 11.3 Å². The largest absolute Gasteiger partial charge is 0.497 e. The fourth-order valence-electron chi connectivity index (χ4n) is 3.21. The minimum atomic E-state index is -0.465. The zero-order chi connectivity index (χ0) is 21.8. The third kappa shape index (κ3) is 4.38. The van der Waals surface area contributed by atoms with Gasteiger partial charge in [0.25, 0.3) is 5.91 Å². The molecular formula is C22H24N2O5S. The second kappa shape index (κ2) is 9.13. The summed E-state index contributed by atoms with van der Waals surface area (Å²) in [6, 6.07) is 8.97. The van der Waals surface area contributed by atoms with Crippen molar-refractivity contribution in [1.82, 2.24) is 4.57 Å². The van der Waals surface area contributed by atoms with E-state index < -0.39 is 5.91 Å². The SMILES string of the molecule is CCOC(=O)Cn1c(=NC(=O)c2ccc(OC)cc2OC)sc2c(C)cc(C)cc21. The first kappa shape index (κ1) is 21.6. The van der Waals surface area contributed by atoms with Gasteiger partial charge in [-0.15, -0.1) is 0 Å². The monoisotopic (exact) mass is 428 g/mol. The maximum Gasteiger partial charge on any atom is 0.326 e. The Morgan fingerprint density at radius 2 is 1.87 bits per heavy atom. The molecule has 2 aromatic carbocycles. The predicted octanol–water partition coefficient (Wildman–Crippen LogP) is 3.64.